The molecule has 0 atom stereocenters. The Bertz CT molecular complexity index is 551. The van der Waals surface area contributed by atoms with Gasteiger partial charge in [-0.2, -0.15) is 5.26 Å². The molecule has 0 aliphatic heterocycles. The minimum absolute atomic E-state index is 0.0844. The number of aromatic nitrogens is 1. The Hall–Kier alpha value is -2.35. The van der Waals surface area contributed by atoms with Crippen molar-refractivity contribution in [1.29, 1.82) is 5.26 Å². The summed E-state index contributed by atoms with van der Waals surface area (Å²) in [6.07, 6.45) is 8.62. The summed E-state index contributed by atoms with van der Waals surface area (Å²) in [4.78, 5) is 16.2. The van der Waals surface area contributed by atoms with Crippen molar-refractivity contribution in [1.82, 2.24) is 10.3 Å². The van der Waals surface area contributed by atoms with Gasteiger partial charge in [-0.05, 0) is 31.9 Å². The van der Waals surface area contributed by atoms with Crippen LogP contribution in [-0.4, -0.2) is 16.9 Å². The molecule has 0 unspecified atom stereocenters. The number of nitrogens with zero attached hydrogens (tertiary/aromatic N) is 2. The van der Waals surface area contributed by atoms with Crippen LogP contribution in [0.4, 0.5) is 5.69 Å². The molecular formula is C16H20N4O. The lowest BCUT2D eigenvalue weighted by molar-refractivity contribution is -0.118. The Morgan fingerprint density at radius 2 is 2.14 bits per heavy atom. The lowest BCUT2D eigenvalue weighted by atomic mass is 9.95. The van der Waals surface area contributed by atoms with Gasteiger partial charge in [0.05, 0.1) is 11.9 Å². The van der Waals surface area contributed by atoms with Gasteiger partial charge in [0.15, 0.2) is 0 Å². The summed E-state index contributed by atoms with van der Waals surface area (Å²) in [5.41, 5.74) is 1.75. The number of nitriles is 1. The molecule has 0 spiro atoms. The maximum atomic E-state index is 12.1. The SMILES string of the molecule is Cc1ccc(N/C=C(/C#N)C(=O)NC2CCCCC2)cn1. The van der Waals surface area contributed by atoms with Gasteiger partial charge in [0.25, 0.3) is 5.91 Å². The number of amides is 1. The Morgan fingerprint density at radius 1 is 1.38 bits per heavy atom. The van der Waals surface area contributed by atoms with Crippen LogP contribution in [0.3, 0.4) is 0 Å². The predicted octanol–water partition coefficient (Wildman–Crippen LogP) is 2.66. The second kappa shape index (κ2) is 7.44. The maximum Gasteiger partial charge on any atom is 0.263 e. The number of pyridine rings is 1. The molecular weight excluding hydrogens is 264 g/mol. The highest BCUT2D eigenvalue weighted by Gasteiger charge is 2.17. The zero-order valence-corrected chi connectivity index (χ0v) is 12.2. The molecule has 1 fully saturated rings. The van der Waals surface area contributed by atoms with E-state index >= 15 is 0 Å². The van der Waals surface area contributed by atoms with Crippen LogP contribution in [0, 0.1) is 18.3 Å². The monoisotopic (exact) mass is 284 g/mol. The zero-order valence-electron chi connectivity index (χ0n) is 12.2. The molecule has 21 heavy (non-hydrogen) atoms. The molecule has 0 radical (unpaired) electrons. The highest BCUT2D eigenvalue weighted by molar-refractivity contribution is 5.97. The van der Waals surface area contributed by atoms with E-state index in [2.05, 4.69) is 15.6 Å². The third-order valence-corrected chi connectivity index (χ3v) is 3.60. The molecule has 2 N–H and O–H groups in total. The van der Waals surface area contributed by atoms with Gasteiger partial charge >= 0.3 is 0 Å². The molecule has 110 valence electrons. The summed E-state index contributed by atoms with van der Waals surface area (Å²) >= 11 is 0. The van der Waals surface area contributed by atoms with E-state index in [9.17, 15) is 4.79 Å². The highest BCUT2D eigenvalue weighted by Crippen LogP contribution is 2.17. The van der Waals surface area contributed by atoms with Crippen LogP contribution in [0.25, 0.3) is 0 Å². The van der Waals surface area contributed by atoms with Gasteiger partial charge in [-0.15, -0.1) is 0 Å². The number of hydrogen-bond donors (Lipinski definition) is 2. The fraction of sp³-hybridized carbons (Fsp3) is 0.438. The van der Waals surface area contributed by atoms with Crippen LogP contribution < -0.4 is 10.6 Å². The molecule has 0 aromatic carbocycles. The van der Waals surface area contributed by atoms with Crippen molar-refractivity contribution < 1.29 is 4.79 Å². The molecule has 1 aliphatic carbocycles. The van der Waals surface area contributed by atoms with Crippen LogP contribution >= 0.6 is 0 Å². The van der Waals surface area contributed by atoms with Crippen LogP contribution in [0.15, 0.2) is 30.1 Å². The van der Waals surface area contributed by atoms with Gasteiger partial charge < -0.3 is 10.6 Å². The van der Waals surface area contributed by atoms with E-state index in [1.54, 1.807) is 6.20 Å². The van der Waals surface area contributed by atoms with Crippen LogP contribution in [0.1, 0.15) is 37.8 Å². The normalized spacial score (nSPS) is 16.1. The lowest BCUT2D eigenvalue weighted by Crippen LogP contribution is -2.37. The van der Waals surface area contributed by atoms with Crippen molar-refractivity contribution in [2.45, 2.75) is 45.1 Å². The van der Waals surface area contributed by atoms with E-state index in [0.29, 0.717) is 0 Å². The fourth-order valence-corrected chi connectivity index (χ4v) is 2.37. The molecule has 1 heterocycles. The largest absolute Gasteiger partial charge is 0.359 e. The first-order chi connectivity index (χ1) is 10.2. The zero-order chi connectivity index (χ0) is 15.1. The van der Waals surface area contributed by atoms with Gasteiger partial charge in [0, 0.05) is 17.9 Å². The average molecular weight is 284 g/mol. The summed E-state index contributed by atoms with van der Waals surface area (Å²) in [7, 11) is 0. The summed E-state index contributed by atoms with van der Waals surface area (Å²) in [5.74, 6) is -0.308. The van der Waals surface area contributed by atoms with Crippen LogP contribution in [0.2, 0.25) is 0 Å². The standard InChI is InChI=1S/C16H20N4O/c1-12-7-8-15(11-18-12)19-10-13(9-17)16(21)20-14-5-3-2-4-6-14/h7-8,10-11,14,19H,2-6H2,1H3,(H,20,21)/b13-10-. The lowest BCUT2D eigenvalue weighted by Gasteiger charge is -2.22. The van der Waals surface area contributed by atoms with E-state index in [-0.39, 0.29) is 17.5 Å². The van der Waals surface area contributed by atoms with Crippen molar-refractivity contribution in [3.8, 4) is 6.07 Å². The first-order valence-electron chi connectivity index (χ1n) is 7.29. The van der Waals surface area contributed by atoms with E-state index in [1.165, 1.54) is 12.6 Å². The molecule has 1 aromatic heterocycles. The fourth-order valence-electron chi connectivity index (χ4n) is 2.37. The predicted molar refractivity (Wildman–Crippen MR) is 81.3 cm³/mol. The van der Waals surface area contributed by atoms with E-state index in [1.807, 2.05) is 25.1 Å². The van der Waals surface area contributed by atoms with E-state index < -0.39 is 0 Å². The summed E-state index contributed by atoms with van der Waals surface area (Å²) in [5, 5.41) is 15.0. The Labute approximate surface area is 125 Å². The topological polar surface area (TPSA) is 77.8 Å². The molecule has 2 rings (SSSR count). The van der Waals surface area contributed by atoms with Crippen molar-refractivity contribution in [2.24, 2.45) is 0 Å². The van der Waals surface area contributed by atoms with Gasteiger partial charge in [-0.1, -0.05) is 19.3 Å². The Morgan fingerprint density at radius 3 is 2.76 bits per heavy atom. The Kier molecular flexibility index (Phi) is 5.33. The minimum atomic E-state index is -0.308. The Balaban J connectivity index is 1.94. The minimum Gasteiger partial charge on any atom is -0.359 e. The molecule has 0 saturated heterocycles. The number of nitrogens with one attached hydrogen (secondary N) is 2. The molecule has 5 heteroatoms. The van der Waals surface area contributed by atoms with Gasteiger partial charge in [-0.3, -0.25) is 9.78 Å². The van der Waals surface area contributed by atoms with E-state index in [0.717, 1.165) is 37.1 Å². The number of anilines is 1. The number of carbonyl (C=O) groups excluding carboxylic acids is 1. The summed E-state index contributed by atoms with van der Waals surface area (Å²) < 4.78 is 0. The molecule has 1 amide bonds. The first-order valence-corrected chi connectivity index (χ1v) is 7.29. The number of aryl methyl sites for hydroxylation is 1. The van der Waals surface area contributed by atoms with Crippen molar-refractivity contribution >= 4 is 11.6 Å². The first kappa shape index (κ1) is 15.0. The van der Waals surface area contributed by atoms with Gasteiger partial charge in [0.1, 0.15) is 11.6 Å². The quantitative estimate of drug-likeness (QED) is 0.658. The second-order valence-electron chi connectivity index (χ2n) is 5.31. The smallest absolute Gasteiger partial charge is 0.263 e. The van der Waals surface area contributed by atoms with Gasteiger partial charge in [-0.25, -0.2) is 0 Å². The van der Waals surface area contributed by atoms with Crippen molar-refractivity contribution in [3.05, 3.63) is 35.8 Å². The maximum absolute atomic E-state index is 12.1. The van der Waals surface area contributed by atoms with Crippen LogP contribution in [0.5, 0.6) is 0 Å². The third-order valence-electron chi connectivity index (χ3n) is 3.60. The number of hydrogen-bond acceptors (Lipinski definition) is 4. The molecule has 1 aromatic rings. The average Bonchev–Trinajstić information content (AvgIpc) is 2.51. The molecule has 0 bridgehead atoms. The number of rotatable bonds is 4. The molecule has 5 nitrogen and oxygen atoms in total. The number of carbonyl (C=O) groups is 1. The van der Waals surface area contributed by atoms with Crippen LogP contribution in [-0.2, 0) is 4.79 Å². The van der Waals surface area contributed by atoms with Crippen molar-refractivity contribution in [3.63, 3.8) is 0 Å². The summed E-state index contributed by atoms with van der Waals surface area (Å²) in [6.45, 7) is 1.90. The molecule has 1 aliphatic rings. The van der Waals surface area contributed by atoms with E-state index in [4.69, 9.17) is 5.26 Å². The molecule has 1 saturated carbocycles. The second-order valence-corrected chi connectivity index (χ2v) is 5.31. The third kappa shape index (κ3) is 4.60. The van der Waals surface area contributed by atoms with Crippen molar-refractivity contribution in [2.75, 3.05) is 5.32 Å². The highest BCUT2D eigenvalue weighted by atomic mass is 16.1. The summed E-state index contributed by atoms with van der Waals surface area (Å²) in [6, 6.07) is 5.86. The van der Waals surface area contributed by atoms with Gasteiger partial charge in [0.2, 0.25) is 0 Å².